The predicted octanol–water partition coefficient (Wildman–Crippen LogP) is 0.927. The molecule has 0 bridgehead atoms. The lowest BCUT2D eigenvalue weighted by molar-refractivity contribution is -0.117. The van der Waals surface area contributed by atoms with Crippen molar-refractivity contribution < 1.29 is 18.0 Å². The van der Waals surface area contributed by atoms with Crippen LogP contribution in [0.4, 0.5) is 17.3 Å². The van der Waals surface area contributed by atoms with Crippen LogP contribution in [-0.4, -0.2) is 47.1 Å². The lowest BCUT2D eigenvalue weighted by Crippen LogP contribution is -2.48. The van der Waals surface area contributed by atoms with Crippen LogP contribution in [0.15, 0.2) is 23.3 Å². The van der Waals surface area contributed by atoms with Gasteiger partial charge in [0.15, 0.2) is 0 Å². The molecule has 2 amide bonds. The first-order valence-electron chi connectivity index (χ1n) is 11.5. The summed E-state index contributed by atoms with van der Waals surface area (Å²) in [6.07, 6.45) is 7.05. The summed E-state index contributed by atoms with van der Waals surface area (Å²) in [5.41, 5.74) is 0.314. The number of nitrogens with one attached hydrogen (secondary N) is 4. The first kappa shape index (κ1) is 23.4. The number of hydrogen-bond donors (Lipinski definition) is 4. The molecule has 0 aromatic carbocycles. The molecular formula is C22H27N7O5S. The second-order valence-corrected chi connectivity index (χ2v) is 11.3. The van der Waals surface area contributed by atoms with Crippen molar-refractivity contribution in [1.82, 2.24) is 24.6 Å². The van der Waals surface area contributed by atoms with Crippen LogP contribution in [0, 0.1) is 12.8 Å². The average Bonchev–Trinajstić information content (AvgIpc) is 3.47. The number of anilines is 3. The Kier molecular flexibility index (Phi) is 5.63. The lowest BCUT2D eigenvalue weighted by Gasteiger charge is -2.35. The third kappa shape index (κ3) is 4.52. The van der Waals surface area contributed by atoms with Crippen LogP contribution in [0.3, 0.4) is 0 Å². The molecule has 13 heteroatoms. The van der Waals surface area contributed by atoms with E-state index in [1.54, 1.807) is 17.6 Å². The molecule has 2 unspecified atom stereocenters. The van der Waals surface area contributed by atoms with Crippen molar-refractivity contribution in [2.24, 2.45) is 5.92 Å². The molecular weight excluding hydrogens is 474 g/mol. The van der Waals surface area contributed by atoms with Crippen LogP contribution in [0.1, 0.15) is 54.6 Å². The van der Waals surface area contributed by atoms with E-state index in [4.69, 9.17) is 0 Å². The molecule has 2 aromatic heterocycles. The third-order valence-corrected chi connectivity index (χ3v) is 7.47. The van der Waals surface area contributed by atoms with E-state index >= 15 is 0 Å². The van der Waals surface area contributed by atoms with Gasteiger partial charge in [0.1, 0.15) is 35.0 Å². The van der Waals surface area contributed by atoms with Crippen LogP contribution in [-0.2, 0) is 20.5 Å². The van der Waals surface area contributed by atoms with E-state index < -0.39 is 27.6 Å². The van der Waals surface area contributed by atoms with Crippen molar-refractivity contribution in [3.8, 4) is 0 Å². The molecule has 2 aliphatic carbocycles. The summed E-state index contributed by atoms with van der Waals surface area (Å²) < 4.78 is 26.7. The van der Waals surface area contributed by atoms with Crippen LogP contribution in [0.5, 0.6) is 0 Å². The Morgan fingerprint density at radius 3 is 2.57 bits per heavy atom. The Labute approximate surface area is 202 Å². The normalized spacial score (nSPS) is 22.4. The van der Waals surface area contributed by atoms with Gasteiger partial charge in [-0.3, -0.25) is 19.0 Å². The van der Waals surface area contributed by atoms with Crippen LogP contribution in [0.25, 0.3) is 0 Å². The number of carbonyl (C=O) groups is 2. The molecule has 2 atom stereocenters. The Morgan fingerprint density at radius 2 is 1.86 bits per heavy atom. The number of pyridine rings is 1. The van der Waals surface area contributed by atoms with Crippen LogP contribution in [0.2, 0.25) is 0 Å². The molecule has 35 heavy (non-hydrogen) atoms. The maximum Gasteiger partial charge on any atom is 0.276 e. The Balaban J connectivity index is 1.36. The van der Waals surface area contributed by atoms with E-state index in [9.17, 15) is 22.8 Å². The standard InChI is InChI=1S/C22H27N7O5S/c1-12-8-15(21(32)29-18(12)20(31)27-22(29)6-4-3-5-7-22)25-16-10-17(24-11-23-16)26-19(30)13-9-14(13)28-35(2,33)34/h8,10-11,13-14,28H,3-7,9H2,1-2H3,(H,27,31)(H2,23,24,25,26,30). The van der Waals surface area contributed by atoms with Crippen molar-refractivity contribution in [1.29, 1.82) is 0 Å². The minimum atomic E-state index is -3.39. The summed E-state index contributed by atoms with van der Waals surface area (Å²) >= 11 is 0. The van der Waals surface area contributed by atoms with E-state index in [0.29, 0.717) is 36.3 Å². The van der Waals surface area contributed by atoms with Gasteiger partial charge < -0.3 is 16.0 Å². The number of rotatable bonds is 6. The third-order valence-electron chi connectivity index (χ3n) is 6.74. The first-order chi connectivity index (χ1) is 16.6. The number of carbonyl (C=O) groups excluding carboxylic acids is 2. The van der Waals surface area contributed by atoms with E-state index in [0.717, 1.165) is 25.5 Å². The number of sulfonamides is 1. The minimum Gasteiger partial charge on any atom is -0.336 e. The molecule has 12 nitrogen and oxygen atoms in total. The van der Waals surface area contributed by atoms with Gasteiger partial charge in [-0.25, -0.2) is 23.1 Å². The van der Waals surface area contributed by atoms with E-state index in [-0.39, 0.29) is 28.9 Å². The van der Waals surface area contributed by atoms with Gasteiger partial charge in [0, 0.05) is 12.1 Å². The smallest absolute Gasteiger partial charge is 0.276 e. The van der Waals surface area contributed by atoms with Crippen molar-refractivity contribution in [3.63, 3.8) is 0 Å². The first-order valence-corrected chi connectivity index (χ1v) is 13.4. The molecule has 3 heterocycles. The zero-order valence-corrected chi connectivity index (χ0v) is 20.2. The monoisotopic (exact) mass is 501 g/mol. The lowest BCUT2D eigenvalue weighted by atomic mass is 9.89. The molecule has 186 valence electrons. The molecule has 2 fully saturated rings. The zero-order chi connectivity index (χ0) is 25.0. The van der Waals surface area contributed by atoms with E-state index in [2.05, 4.69) is 30.6 Å². The highest BCUT2D eigenvalue weighted by atomic mass is 32.2. The molecule has 2 saturated carbocycles. The second kappa shape index (κ2) is 8.41. The fourth-order valence-corrected chi connectivity index (χ4v) is 5.89. The van der Waals surface area contributed by atoms with Gasteiger partial charge in [-0.2, -0.15) is 0 Å². The van der Waals surface area contributed by atoms with Crippen LogP contribution >= 0.6 is 0 Å². The fraction of sp³-hybridized carbons (Fsp3) is 0.500. The van der Waals surface area contributed by atoms with Crippen LogP contribution < -0.4 is 26.2 Å². The molecule has 5 rings (SSSR count). The minimum absolute atomic E-state index is 0.219. The quantitative estimate of drug-likeness (QED) is 0.454. The van der Waals surface area contributed by atoms with Crippen molar-refractivity contribution in [2.75, 3.05) is 16.9 Å². The summed E-state index contributed by atoms with van der Waals surface area (Å²) in [6.45, 7) is 1.79. The number of hydrogen-bond acceptors (Lipinski definition) is 8. The maximum absolute atomic E-state index is 13.5. The van der Waals surface area contributed by atoms with Gasteiger partial charge in [0.2, 0.25) is 15.9 Å². The summed E-state index contributed by atoms with van der Waals surface area (Å²) in [5.74, 6) is -0.547. The van der Waals surface area contributed by atoms with E-state index in [1.165, 1.54) is 12.4 Å². The van der Waals surface area contributed by atoms with Crippen molar-refractivity contribution in [2.45, 2.75) is 57.2 Å². The average molecular weight is 502 g/mol. The van der Waals surface area contributed by atoms with Crippen molar-refractivity contribution >= 4 is 39.2 Å². The highest BCUT2D eigenvalue weighted by Gasteiger charge is 2.46. The fourth-order valence-electron chi connectivity index (χ4n) is 5.08. The largest absolute Gasteiger partial charge is 0.336 e. The van der Waals surface area contributed by atoms with Gasteiger partial charge in [0.25, 0.3) is 11.5 Å². The summed E-state index contributed by atoms with van der Waals surface area (Å²) in [6, 6.07) is 2.69. The molecule has 1 spiro atoms. The summed E-state index contributed by atoms with van der Waals surface area (Å²) in [4.78, 5) is 46.8. The van der Waals surface area contributed by atoms with Gasteiger partial charge in [-0.1, -0.05) is 6.42 Å². The number of nitrogens with zero attached hydrogens (tertiary/aromatic N) is 3. The Hall–Kier alpha value is -3.32. The molecule has 1 aliphatic heterocycles. The highest BCUT2D eigenvalue weighted by Crippen LogP contribution is 2.37. The summed E-state index contributed by atoms with van der Waals surface area (Å²) in [7, 11) is -3.39. The van der Waals surface area contributed by atoms with Gasteiger partial charge in [0.05, 0.1) is 12.2 Å². The Morgan fingerprint density at radius 1 is 1.14 bits per heavy atom. The summed E-state index contributed by atoms with van der Waals surface area (Å²) in [5, 5.41) is 8.73. The number of aromatic nitrogens is 3. The number of fused-ring (bicyclic) bond motifs is 2. The highest BCUT2D eigenvalue weighted by molar-refractivity contribution is 7.88. The molecule has 0 saturated heterocycles. The predicted molar refractivity (Wildman–Crippen MR) is 128 cm³/mol. The number of amides is 2. The molecule has 4 N–H and O–H groups in total. The van der Waals surface area contributed by atoms with Crippen molar-refractivity contribution in [3.05, 3.63) is 40.1 Å². The zero-order valence-electron chi connectivity index (χ0n) is 19.4. The Bertz CT molecular complexity index is 1380. The van der Waals surface area contributed by atoms with Gasteiger partial charge >= 0.3 is 0 Å². The second-order valence-electron chi connectivity index (χ2n) is 9.52. The van der Waals surface area contributed by atoms with Gasteiger partial charge in [-0.05, 0) is 50.7 Å². The number of aryl methyl sites for hydroxylation is 1. The molecule has 2 aromatic rings. The van der Waals surface area contributed by atoms with E-state index in [1.807, 2.05) is 0 Å². The topological polar surface area (TPSA) is 164 Å². The molecule has 3 aliphatic rings. The SMILES string of the molecule is Cc1cc(Nc2cc(NC(=O)C3CC3NS(C)(=O)=O)ncn2)c(=O)n2c1C(=O)NC21CCCCC1. The molecule has 0 radical (unpaired) electrons. The van der Waals surface area contributed by atoms with Gasteiger partial charge in [-0.15, -0.1) is 0 Å². The maximum atomic E-state index is 13.5.